The second-order valence-electron chi connectivity index (χ2n) is 5.20. The second-order valence-corrected chi connectivity index (χ2v) is 8.56. The first-order valence-electron chi connectivity index (χ1n) is 7.63. The number of carbonyl (C=O) groups excluding carboxylic acids is 1. The lowest BCUT2D eigenvalue weighted by Crippen LogP contribution is -2.19. The predicted octanol–water partition coefficient (Wildman–Crippen LogP) is 5.33. The number of thioether (sulfide) groups is 1. The zero-order valence-electron chi connectivity index (χ0n) is 13.6. The van der Waals surface area contributed by atoms with Crippen molar-refractivity contribution < 1.29 is 13.9 Å². The van der Waals surface area contributed by atoms with E-state index in [9.17, 15) is 9.18 Å². The minimum absolute atomic E-state index is 0.199. The van der Waals surface area contributed by atoms with Gasteiger partial charge in [-0.2, -0.15) is 0 Å². The Kier molecular flexibility index (Phi) is 6.56. The van der Waals surface area contributed by atoms with Crippen molar-refractivity contribution >= 4 is 79.8 Å². The maximum absolute atomic E-state index is 13.0. The number of benzene rings is 2. The van der Waals surface area contributed by atoms with E-state index in [0.29, 0.717) is 22.4 Å². The highest BCUT2D eigenvalue weighted by atomic mass is 127. The summed E-state index contributed by atoms with van der Waals surface area (Å²) in [6.07, 6.45) is 1.83. The SMILES string of the molecule is CCOc1c(I)cc(/C=C2/SC(=Nc3ccc(F)cc3)NC2=O)cc1I. The van der Waals surface area contributed by atoms with Crippen molar-refractivity contribution in [1.29, 1.82) is 0 Å². The van der Waals surface area contributed by atoms with Gasteiger partial charge in [0.2, 0.25) is 0 Å². The van der Waals surface area contributed by atoms with E-state index in [1.807, 2.05) is 25.1 Å². The Balaban J connectivity index is 1.84. The van der Waals surface area contributed by atoms with Crippen LogP contribution in [0.25, 0.3) is 6.08 Å². The molecule has 0 aromatic heterocycles. The van der Waals surface area contributed by atoms with Gasteiger partial charge in [0.25, 0.3) is 5.91 Å². The Hall–Kier alpha value is -1.14. The van der Waals surface area contributed by atoms with E-state index in [1.54, 1.807) is 12.1 Å². The average Bonchev–Trinajstić information content (AvgIpc) is 2.92. The van der Waals surface area contributed by atoms with Crippen molar-refractivity contribution in [3.05, 3.63) is 59.8 Å². The molecule has 0 unspecified atom stereocenters. The molecule has 134 valence electrons. The summed E-state index contributed by atoms with van der Waals surface area (Å²) < 4.78 is 20.6. The zero-order chi connectivity index (χ0) is 18.7. The normalized spacial score (nSPS) is 17.0. The van der Waals surface area contributed by atoms with Crippen LogP contribution in [-0.4, -0.2) is 17.7 Å². The topological polar surface area (TPSA) is 50.7 Å². The van der Waals surface area contributed by atoms with Gasteiger partial charge in [-0.05, 0) is 112 Å². The fraction of sp³-hybridized carbons (Fsp3) is 0.111. The van der Waals surface area contributed by atoms with Gasteiger partial charge >= 0.3 is 0 Å². The molecule has 0 saturated carbocycles. The van der Waals surface area contributed by atoms with Gasteiger partial charge in [-0.15, -0.1) is 0 Å². The van der Waals surface area contributed by atoms with Gasteiger partial charge in [-0.25, -0.2) is 9.38 Å². The summed E-state index contributed by atoms with van der Waals surface area (Å²) in [7, 11) is 0. The number of ether oxygens (including phenoxy) is 1. The molecule has 2 aromatic rings. The fourth-order valence-corrected chi connectivity index (χ4v) is 5.18. The molecule has 2 aromatic carbocycles. The minimum atomic E-state index is -0.322. The van der Waals surface area contributed by atoms with Crippen LogP contribution < -0.4 is 10.1 Å². The number of amidine groups is 1. The van der Waals surface area contributed by atoms with Gasteiger partial charge in [0.1, 0.15) is 11.6 Å². The van der Waals surface area contributed by atoms with Gasteiger partial charge in [0, 0.05) is 0 Å². The van der Waals surface area contributed by atoms with Crippen molar-refractivity contribution in [2.75, 3.05) is 6.61 Å². The van der Waals surface area contributed by atoms with Crippen LogP contribution in [-0.2, 0) is 4.79 Å². The molecular weight excluding hydrogens is 581 g/mol. The van der Waals surface area contributed by atoms with Gasteiger partial charge < -0.3 is 10.1 Å². The molecule has 0 radical (unpaired) electrons. The standard InChI is InChI=1S/C18H13FI2N2O2S/c1-2-25-16-13(20)7-10(8-14(16)21)9-15-17(24)23-18(26-15)22-12-5-3-11(19)4-6-12/h3-9H,2H2,1H3,(H,22,23,24)/b15-9+. The number of rotatable bonds is 4. The lowest BCUT2D eigenvalue weighted by Gasteiger charge is -2.09. The van der Waals surface area contributed by atoms with Gasteiger partial charge in [-0.3, -0.25) is 4.79 Å². The molecule has 0 bridgehead atoms. The quantitative estimate of drug-likeness (QED) is 0.385. The molecule has 1 saturated heterocycles. The smallest absolute Gasteiger partial charge is 0.264 e. The first-order chi connectivity index (χ1) is 12.5. The Bertz CT molecular complexity index is 891. The zero-order valence-corrected chi connectivity index (χ0v) is 18.7. The summed E-state index contributed by atoms with van der Waals surface area (Å²) in [5.74, 6) is 0.338. The van der Waals surface area contributed by atoms with Crippen LogP contribution >= 0.6 is 56.9 Å². The van der Waals surface area contributed by atoms with Gasteiger partial charge in [0.05, 0.1) is 24.3 Å². The summed E-state index contributed by atoms with van der Waals surface area (Å²) >= 11 is 5.71. The molecule has 1 aliphatic rings. The van der Waals surface area contributed by atoms with E-state index in [4.69, 9.17) is 4.74 Å². The molecule has 1 aliphatic heterocycles. The molecule has 0 aliphatic carbocycles. The van der Waals surface area contributed by atoms with E-state index in [-0.39, 0.29) is 11.7 Å². The van der Waals surface area contributed by atoms with Gasteiger partial charge in [0.15, 0.2) is 5.17 Å². The molecule has 1 heterocycles. The highest BCUT2D eigenvalue weighted by molar-refractivity contribution is 14.1. The van der Waals surface area contributed by atoms with Crippen LogP contribution in [0.4, 0.5) is 10.1 Å². The number of hydrogen-bond acceptors (Lipinski definition) is 4. The van der Waals surface area contributed by atoms with Crippen molar-refractivity contribution in [2.24, 2.45) is 4.99 Å². The van der Waals surface area contributed by atoms with Crippen LogP contribution in [0.3, 0.4) is 0 Å². The lowest BCUT2D eigenvalue weighted by molar-refractivity contribution is -0.115. The fourth-order valence-electron chi connectivity index (χ4n) is 2.21. The first kappa shape index (κ1) is 19.6. The number of amides is 1. The number of carbonyl (C=O) groups is 1. The number of nitrogens with zero attached hydrogens (tertiary/aromatic N) is 1. The van der Waals surface area contributed by atoms with Crippen molar-refractivity contribution in [3.63, 3.8) is 0 Å². The molecule has 4 nitrogen and oxygen atoms in total. The Morgan fingerprint density at radius 2 is 1.88 bits per heavy atom. The second kappa shape index (κ2) is 8.70. The third kappa shape index (κ3) is 4.77. The number of hydrogen-bond donors (Lipinski definition) is 1. The van der Waals surface area contributed by atoms with Crippen LogP contribution in [0.2, 0.25) is 0 Å². The van der Waals surface area contributed by atoms with Crippen molar-refractivity contribution in [3.8, 4) is 5.75 Å². The van der Waals surface area contributed by atoms with Crippen LogP contribution in [0, 0.1) is 13.0 Å². The maximum atomic E-state index is 13.0. The summed E-state index contributed by atoms with van der Waals surface area (Å²) in [5.41, 5.74) is 1.50. The number of nitrogens with one attached hydrogen (secondary N) is 1. The van der Waals surface area contributed by atoms with Crippen LogP contribution in [0.1, 0.15) is 12.5 Å². The monoisotopic (exact) mass is 594 g/mol. The Labute approximate surface area is 182 Å². The molecule has 1 fully saturated rings. The molecule has 0 atom stereocenters. The van der Waals surface area contributed by atoms with E-state index in [1.165, 1.54) is 23.9 Å². The highest BCUT2D eigenvalue weighted by Gasteiger charge is 2.24. The Morgan fingerprint density at radius 1 is 1.23 bits per heavy atom. The van der Waals surface area contributed by atoms with Gasteiger partial charge in [-0.1, -0.05) is 0 Å². The largest absolute Gasteiger partial charge is 0.492 e. The molecule has 0 spiro atoms. The predicted molar refractivity (Wildman–Crippen MR) is 120 cm³/mol. The summed E-state index contributed by atoms with van der Waals surface area (Å²) in [5, 5.41) is 3.21. The molecule has 3 rings (SSSR count). The van der Waals surface area contributed by atoms with E-state index in [2.05, 4.69) is 55.5 Å². The van der Waals surface area contributed by atoms with E-state index < -0.39 is 0 Å². The molecule has 1 N–H and O–H groups in total. The molecule has 8 heteroatoms. The molecular formula is C18H13FI2N2O2S. The van der Waals surface area contributed by atoms with Crippen molar-refractivity contribution in [2.45, 2.75) is 6.92 Å². The van der Waals surface area contributed by atoms with E-state index in [0.717, 1.165) is 18.5 Å². The summed E-state index contributed by atoms with van der Waals surface area (Å²) in [6, 6.07) is 9.75. The lowest BCUT2D eigenvalue weighted by atomic mass is 10.2. The van der Waals surface area contributed by atoms with Crippen LogP contribution in [0.5, 0.6) is 5.75 Å². The number of aliphatic imine (C=N–C) groups is 1. The molecule has 1 amide bonds. The summed E-state index contributed by atoms with van der Waals surface area (Å²) in [6.45, 7) is 2.55. The van der Waals surface area contributed by atoms with E-state index >= 15 is 0 Å². The Morgan fingerprint density at radius 3 is 2.50 bits per heavy atom. The highest BCUT2D eigenvalue weighted by Crippen LogP contribution is 2.32. The van der Waals surface area contributed by atoms with Crippen molar-refractivity contribution in [1.82, 2.24) is 5.32 Å². The maximum Gasteiger partial charge on any atom is 0.264 e. The molecule has 26 heavy (non-hydrogen) atoms. The average molecular weight is 594 g/mol. The van der Waals surface area contributed by atoms with Crippen LogP contribution in [0.15, 0.2) is 46.3 Å². The summed E-state index contributed by atoms with van der Waals surface area (Å²) in [4.78, 5) is 17.1. The minimum Gasteiger partial charge on any atom is -0.492 e. The third-order valence-corrected chi connectivity index (χ3v) is 5.83. The third-order valence-electron chi connectivity index (χ3n) is 3.32. The first-order valence-corrected chi connectivity index (χ1v) is 10.6. The number of halogens is 3.